The van der Waals surface area contributed by atoms with Crippen LogP contribution in [0.15, 0.2) is 12.3 Å². The van der Waals surface area contributed by atoms with E-state index in [2.05, 4.69) is 16.0 Å². The summed E-state index contributed by atoms with van der Waals surface area (Å²) in [5.74, 6) is 0. The van der Waals surface area contributed by atoms with E-state index in [9.17, 15) is 0 Å². The number of rotatable bonds is 4. The molecule has 2 heterocycles. The summed E-state index contributed by atoms with van der Waals surface area (Å²) in [7, 11) is 1.70. The van der Waals surface area contributed by atoms with E-state index in [0.717, 1.165) is 41.1 Å². The van der Waals surface area contributed by atoms with Gasteiger partial charge in [0.15, 0.2) is 10.4 Å². The Balaban J connectivity index is 2.36. The molecular weight excluding hydrogens is 222 g/mol. The first-order valence-corrected chi connectivity index (χ1v) is 5.67. The third-order valence-electron chi connectivity index (χ3n) is 2.48. The number of hydrogen-bond donors (Lipinski definition) is 1. The zero-order valence-corrected chi connectivity index (χ0v) is 10.3. The number of aryl methyl sites for hydroxylation is 2. The molecule has 0 radical (unpaired) electrons. The molecule has 1 N–H and O–H groups in total. The van der Waals surface area contributed by atoms with Crippen molar-refractivity contribution in [1.82, 2.24) is 14.5 Å². The second kappa shape index (κ2) is 4.76. The zero-order valence-electron chi connectivity index (χ0n) is 9.49. The van der Waals surface area contributed by atoms with E-state index in [1.54, 1.807) is 7.11 Å². The summed E-state index contributed by atoms with van der Waals surface area (Å²) in [6.07, 6.45) is 2.80. The smallest absolute Gasteiger partial charge is 0.179 e. The summed E-state index contributed by atoms with van der Waals surface area (Å²) in [6.45, 7) is 3.59. The molecule has 0 saturated carbocycles. The minimum absolute atomic E-state index is 0.726. The van der Waals surface area contributed by atoms with Crippen LogP contribution in [0.25, 0.3) is 11.2 Å². The van der Waals surface area contributed by atoms with Gasteiger partial charge in [-0.15, -0.1) is 0 Å². The van der Waals surface area contributed by atoms with Crippen LogP contribution in [0.5, 0.6) is 0 Å². The molecule has 2 rings (SSSR count). The number of fused-ring (bicyclic) bond motifs is 1. The highest BCUT2D eigenvalue weighted by Gasteiger charge is 2.05. The number of nitrogens with zero attached hydrogens (tertiary/aromatic N) is 2. The maximum Gasteiger partial charge on any atom is 0.179 e. The Labute approximate surface area is 99.3 Å². The highest BCUT2D eigenvalue weighted by Crippen LogP contribution is 2.13. The first-order chi connectivity index (χ1) is 7.72. The molecule has 0 spiro atoms. The van der Waals surface area contributed by atoms with Crippen LogP contribution < -0.4 is 0 Å². The average molecular weight is 237 g/mol. The molecular formula is C11H15N3OS. The Bertz CT molecular complexity index is 544. The van der Waals surface area contributed by atoms with Crippen molar-refractivity contribution in [3.8, 4) is 0 Å². The van der Waals surface area contributed by atoms with E-state index in [1.165, 1.54) is 0 Å². The largest absolute Gasteiger partial charge is 0.385 e. The first kappa shape index (κ1) is 11.3. The molecule has 0 aliphatic rings. The Morgan fingerprint density at radius 3 is 3.12 bits per heavy atom. The molecule has 4 nitrogen and oxygen atoms in total. The lowest BCUT2D eigenvalue weighted by Gasteiger charge is -2.03. The predicted octanol–water partition coefficient (Wildman–Crippen LogP) is 2.44. The highest BCUT2D eigenvalue weighted by atomic mass is 32.1. The molecule has 0 fully saturated rings. The van der Waals surface area contributed by atoms with E-state index in [-0.39, 0.29) is 0 Å². The summed E-state index contributed by atoms with van der Waals surface area (Å²) in [5, 5.41) is 0. The number of ether oxygens (including phenoxy) is 1. The Hall–Kier alpha value is -1.20. The van der Waals surface area contributed by atoms with Gasteiger partial charge in [-0.2, -0.15) is 0 Å². The van der Waals surface area contributed by atoms with Gasteiger partial charge in [-0.3, -0.25) is 0 Å². The lowest BCUT2D eigenvalue weighted by Crippen LogP contribution is -2.02. The van der Waals surface area contributed by atoms with E-state index >= 15 is 0 Å². The number of hydrogen-bond acceptors (Lipinski definition) is 3. The lowest BCUT2D eigenvalue weighted by atomic mass is 10.3. The molecule has 0 unspecified atom stereocenters. The van der Waals surface area contributed by atoms with Crippen molar-refractivity contribution in [2.45, 2.75) is 19.9 Å². The second-order valence-corrected chi connectivity index (χ2v) is 4.20. The fourth-order valence-electron chi connectivity index (χ4n) is 1.72. The number of methoxy groups -OCH3 is 1. The fourth-order valence-corrected chi connectivity index (χ4v) is 2.01. The van der Waals surface area contributed by atoms with Gasteiger partial charge in [0.05, 0.1) is 5.52 Å². The van der Waals surface area contributed by atoms with Crippen molar-refractivity contribution >= 4 is 23.4 Å². The van der Waals surface area contributed by atoms with Crippen LogP contribution in [-0.2, 0) is 11.3 Å². The van der Waals surface area contributed by atoms with Crippen molar-refractivity contribution in [3.63, 3.8) is 0 Å². The van der Waals surface area contributed by atoms with Crippen LogP contribution in [-0.4, -0.2) is 28.3 Å². The molecule has 0 atom stereocenters. The van der Waals surface area contributed by atoms with Gasteiger partial charge < -0.3 is 14.3 Å². The van der Waals surface area contributed by atoms with Crippen molar-refractivity contribution in [1.29, 1.82) is 0 Å². The molecule has 0 amide bonds. The quantitative estimate of drug-likeness (QED) is 0.656. The first-order valence-electron chi connectivity index (χ1n) is 5.26. The van der Waals surface area contributed by atoms with Gasteiger partial charge in [0.2, 0.25) is 0 Å². The van der Waals surface area contributed by atoms with E-state index in [4.69, 9.17) is 17.0 Å². The van der Waals surface area contributed by atoms with Crippen molar-refractivity contribution in [2.75, 3.05) is 13.7 Å². The summed E-state index contributed by atoms with van der Waals surface area (Å²) >= 11 is 5.27. The predicted molar refractivity (Wildman–Crippen MR) is 66.1 cm³/mol. The number of aromatic amines is 1. The topological polar surface area (TPSA) is 42.8 Å². The van der Waals surface area contributed by atoms with Crippen LogP contribution in [0, 0.1) is 11.7 Å². The van der Waals surface area contributed by atoms with Gasteiger partial charge in [-0.25, -0.2) is 4.98 Å². The summed E-state index contributed by atoms with van der Waals surface area (Å²) in [4.78, 5) is 7.57. The number of H-pyrrole nitrogens is 1. The maximum absolute atomic E-state index is 5.27. The number of pyridine rings is 1. The van der Waals surface area contributed by atoms with Crippen LogP contribution in [0.3, 0.4) is 0 Å². The van der Waals surface area contributed by atoms with Gasteiger partial charge in [0.25, 0.3) is 0 Å². The molecule has 16 heavy (non-hydrogen) atoms. The molecule has 0 aliphatic heterocycles. The molecule has 0 aromatic carbocycles. The molecule has 0 bridgehead atoms. The van der Waals surface area contributed by atoms with Crippen molar-refractivity contribution in [2.24, 2.45) is 0 Å². The maximum atomic E-state index is 5.27. The third kappa shape index (κ3) is 2.15. The normalized spacial score (nSPS) is 11.1. The number of imidazole rings is 1. The van der Waals surface area contributed by atoms with E-state index in [0.29, 0.717) is 0 Å². The molecule has 2 aromatic heterocycles. The number of aromatic nitrogens is 3. The molecule has 5 heteroatoms. The Morgan fingerprint density at radius 1 is 1.56 bits per heavy atom. The third-order valence-corrected chi connectivity index (χ3v) is 2.80. The summed E-state index contributed by atoms with van der Waals surface area (Å²) < 4.78 is 7.78. The van der Waals surface area contributed by atoms with Crippen LogP contribution in [0.2, 0.25) is 0 Å². The van der Waals surface area contributed by atoms with E-state index in [1.807, 2.05) is 17.7 Å². The van der Waals surface area contributed by atoms with Crippen LogP contribution in [0.4, 0.5) is 0 Å². The van der Waals surface area contributed by atoms with Gasteiger partial charge in [0, 0.05) is 26.5 Å². The summed E-state index contributed by atoms with van der Waals surface area (Å²) in [5.41, 5.74) is 3.06. The molecule has 0 saturated heterocycles. The van der Waals surface area contributed by atoms with Gasteiger partial charge in [0.1, 0.15) is 0 Å². The second-order valence-electron chi connectivity index (χ2n) is 3.81. The molecule has 2 aromatic rings. The minimum atomic E-state index is 0.726. The fraction of sp³-hybridized carbons (Fsp3) is 0.455. The lowest BCUT2D eigenvalue weighted by molar-refractivity contribution is 0.190. The molecule has 0 aliphatic carbocycles. The summed E-state index contributed by atoms with van der Waals surface area (Å²) in [6, 6.07) is 2.06. The van der Waals surface area contributed by atoms with Crippen LogP contribution >= 0.6 is 12.2 Å². The monoisotopic (exact) mass is 237 g/mol. The van der Waals surface area contributed by atoms with Crippen molar-refractivity contribution < 1.29 is 4.74 Å². The highest BCUT2D eigenvalue weighted by molar-refractivity contribution is 7.71. The zero-order chi connectivity index (χ0) is 11.5. The van der Waals surface area contributed by atoms with Gasteiger partial charge in [-0.05, 0) is 37.2 Å². The van der Waals surface area contributed by atoms with E-state index < -0.39 is 0 Å². The van der Waals surface area contributed by atoms with Gasteiger partial charge >= 0.3 is 0 Å². The van der Waals surface area contributed by atoms with Crippen molar-refractivity contribution in [3.05, 3.63) is 22.6 Å². The minimum Gasteiger partial charge on any atom is -0.385 e. The Kier molecular flexibility index (Phi) is 3.36. The van der Waals surface area contributed by atoms with Crippen LogP contribution in [0.1, 0.15) is 12.0 Å². The number of nitrogens with one attached hydrogen (secondary N) is 1. The standard InChI is InChI=1S/C11H15N3OS/c1-8-6-9-10(12-7-8)14(11(16)13-9)4-3-5-15-2/h6-7H,3-5H2,1-2H3,(H,13,16). The van der Waals surface area contributed by atoms with Gasteiger partial charge in [-0.1, -0.05) is 0 Å². The Morgan fingerprint density at radius 2 is 2.38 bits per heavy atom. The SMILES string of the molecule is COCCCn1c(=S)[nH]c2cc(C)cnc21. The molecule has 86 valence electrons. The average Bonchev–Trinajstić information content (AvgIpc) is 2.55.